The second-order valence-corrected chi connectivity index (χ2v) is 9.89. The van der Waals surface area contributed by atoms with Gasteiger partial charge in [-0.3, -0.25) is 4.79 Å². The smallest absolute Gasteiger partial charge is 0.256 e. The normalized spacial score (nSPS) is 21.1. The summed E-state index contributed by atoms with van der Waals surface area (Å²) in [6.07, 6.45) is 0.454. The van der Waals surface area contributed by atoms with Gasteiger partial charge < -0.3 is 19.5 Å². The molecule has 7 nitrogen and oxygen atoms in total. The third-order valence-electron chi connectivity index (χ3n) is 7.69. The average Bonchev–Trinajstić information content (AvgIpc) is 3.17. The molecule has 0 radical (unpaired) electrons. The molecule has 0 bridgehead atoms. The molecule has 0 N–H and O–H groups in total. The van der Waals surface area contributed by atoms with Crippen molar-refractivity contribution in [2.75, 3.05) is 63.8 Å². The SMILES string of the molecule is COc1ccccc1N1CC[N+]([O-])(CCC2(c3ccccc3)C(=O)N(N(C)C)c3ccccc32)CC1. The molecule has 2 aliphatic rings. The van der Waals surface area contributed by atoms with Crippen LogP contribution in [0.2, 0.25) is 0 Å². The second-order valence-electron chi connectivity index (χ2n) is 9.89. The van der Waals surface area contributed by atoms with Crippen molar-refractivity contribution in [1.82, 2.24) is 5.01 Å². The predicted molar refractivity (Wildman–Crippen MR) is 143 cm³/mol. The molecule has 1 saturated heterocycles. The van der Waals surface area contributed by atoms with Gasteiger partial charge in [0.15, 0.2) is 0 Å². The summed E-state index contributed by atoms with van der Waals surface area (Å²) in [5.41, 5.74) is 2.92. The maximum Gasteiger partial charge on any atom is 0.256 e. The van der Waals surface area contributed by atoms with Crippen LogP contribution in [0.15, 0.2) is 78.9 Å². The van der Waals surface area contributed by atoms with Crippen LogP contribution in [0.1, 0.15) is 17.5 Å². The molecule has 1 unspecified atom stereocenters. The van der Waals surface area contributed by atoms with Gasteiger partial charge in [0, 0.05) is 20.5 Å². The molecular weight excluding hydrogens is 452 g/mol. The van der Waals surface area contributed by atoms with E-state index in [4.69, 9.17) is 4.74 Å². The summed E-state index contributed by atoms with van der Waals surface area (Å²) in [6, 6.07) is 25.9. The minimum absolute atomic E-state index is 0.000780. The molecule has 2 aliphatic heterocycles. The number of benzene rings is 3. The van der Waals surface area contributed by atoms with Crippen LogP contribution in [-0.2, 0) is 10.2 Å². The van der Waals surface area contributed by atoms with Crippen LogP contribution in [-0.4, -0.2) is 69.5 Å². The predicted octanol–water partition coefficient (Wildman–Crippen LogP) is 4.03. The number of anilines is 2. The van der Waals surface area contributed by atoms with E-state index in [0.717, 1.165) is 28.3 Å². The van der Waals surface area contributed by atoms with E-state index in [1.165, 1.54) is 0 Å². The molecule has 0 spiro atoms. The minimum atomic E-state index is -0.891. The number of nitrogens with zero attached hydrogens (tertiary/aromatic N) is 4. The number of para-hydroxylation sites is 3. The number of quaternary nitrogens is 1. The number of carbonyl (C=O) groups is 1. The molecule has 0 saturated carbocycles. The number of piperazine rings is 1. The highest BCUT2D eigenvalue weighted by atomic mass is 16.5. The molecule has 7 heteroatoms. The lowest BCUT2D eigenvalue weighted by Crippen LogP contribution is -2.58. The van der Waals surface area contributed by atoms with Gasteiger partial charge >= 0.3 is 0 Å². The van der Waals surface area contributed by atoms with E-state index in [1.807, 2.05) is 98.0 Å². The Morgan fingerprint density at radius 2 is 1.53 bits per heavy atom. The summed E-state index contributed by atoms with van der Waals surface area (Å²) < 4.78 is 5.22. The molecule has 5 rings (SSSR count). The molecule has 1 fully saturated rings. The Kier molecular flexibility index (Phi) is 6.47. The van der Waals surface area contributed by atoms with Crippen molar-refractivity contribution in [3.63, 3.8) is 0 Å². The van der Waals surface area contributed by atoms with Crippen LogP contribution < -0.4 is 14.6 Å². The van der Waals surface area contributed by atoms with Gasteiger partial charge in [-0.15, -0.1) is 0 Å². The van der Waals surface area contributed by atoms with Crippen molar-refractivity contribution < 1.29 is 14.2 Å². The van der Waals surface area contributed by atoms with Crippen LogP contribution >= 0.6 is 0 Å². The molecular formula is C29H34N4O3. The van der Waals surface area contributed by atoms with Crippen molar-refractivity contribution in [3.05, 3.63) is 95.2 Å². The standard InChI is InChI=1S/C29H34N4O3/c1-30(2)32-25-14-8-7-13-24(25)29(28(32)34,23-11-5-4-6-12-23)17-20-33(35)21-18-31(19-22-33)26-15-9-10-16-27(26)36-3/h4-16H,17-22H2,1-3H3. The van der Waals surface area contributed by atoms with Crippen molar-refractivity contribution in [1.29, 1.82) is 0 Å². The van der Waals surface area contributed by atoms with E-state index < -0.39 is 5.41 Å². The highest BCUT2D eigenvalue weighted by molar-refractivity contribution is 6.09. The van der Waals surface area contributed by atoms with Gasteiger partial charge in [0.2, 0.25) is 0 Å². The highest BCUT2D eigenvalue weighted by Gasteiger charge is 2.53. The summed E-state index contributed by atoms with van der Waals surface area (Å²) in [5, 5.41) is 17.5. The number of ether oxygens (including phenoxy) is 1. The van der Waals surface area contributed by atoms with Crippen LogP contribution in [0.4, 0.5) is 11.4 Å². The Labute approximate surface area is 213 Å². The fourth-order valence-corrected chi connectivity index (χ4v) is 5.77. The topological polar surface area (TPSA) is 59.1 Å². The zero-order valence-corrected chi connectivity index (χ0v) is 21.3. The van der Waals surface area contributed by atoms with Crippen LogP contribution in [0.5, 0.6) is 5.75 Å². The maximum atomic E-state index is 14.2. The first-order chi connectivity index (χ1) is 17.4. The van der Waals surface area contributed by atoms with E-state index in [0.29, 0.717) is 39.1 Å². The third kappa shape index (κ3) is 4.03. The zero-order chi connectivity index (χ0) is 25.3. The molecule has 0 aromatic heterocycles. The first kappa shape index (κ1) is 24.3. The van der Waals surface area contributed by atoms with Crippen molar-refractivity contribution >= 4 is 17.3 Å². The van der Waals surface area contributed by atoms with Gasteiger partial charge in [0.25, 0.3) is 5.91 Å². The zero-order valence-electron chi connectivity index (χ0n) is 21.3. The quantitative estimate of drug-likeness (QED) is 0.373. The maximum absolute atomic E-state index is 14.2. The number of methoxy groups -OCH3 is 1. The van der Waals surface area contributed by atoms with Gasteiger partial charge in [-0.05, 0) is 29.3 Å². The average molecular weight is 487 g/mol. The highest BCUT2D eigenvalue weighted by Crippen LogP contribution is 2.49. The monoisotopic (exact) mass is 486 g/mol. The third-order valence-corrected chi connectivity index (χ3v) is 7.69. The molecule has 3 aromatic carbocycles. The Hall–Kier alpha value is -3.39. The van der Waals surface area contributed by atoms with E-state index in [1.54, 1.807) is 12.1 Å². The molecule has 36 heavy (non-hydrogen) atoms. The van der Waals surface area contributed by atoms with E-state index in [9.17, 15) is 10.0 Å². The summed E-state index contributed by atoms with van der Waals surface area (Å²) >= 11 is 0. The fraction of sp³-hybridized carbons (Fsp3) is 0.345. The number of hydrazine groups is 1. The Bertz CT molecular complexity index is 1220. The first-order valence-electron chi connectivity index (χ1n) is 12.5. The van der Waals surface area contributed by atoms with E-state index >= 15 is 0 Å². The number of hydroxylamine groups is 3. The molecule has 3 aromatic rings. The van der Waals surface area contributed by atoms with Gasteiger partial charge in [-0.1, -0.05) is 60.7 Å². The lowest BCUT2D eigenvalue weighted by Gasteiger charge is -2.50. The van der Waals surface area contributed by atoms with Crippen LogP contribution in [0.25, 0.3) is 0 Å². The lowest BCUT2D eigenvalue weighted by molar-refractivity contribution is -0.881. The number of hydrogen-bond acceptors (Lipinski definition) is 5. The van der Waals surface area contributed by atoms with Crippen LogP contribution in [0.3, 0.4) is 0 Å². The largest absolute Gasteiger partial charge is 0.633 e. The number of carbonyl (C=O) groups excluding carboxylic acids is 1. The Morgan fingerprint density at radius 3 is 2.19 bits per heavy atom. The lowest BCUT2D eigenvalue weighted by atomic mass is 9.72. The summed E-state index contributed by atoms with van der Waals surface area (Å²) in [7, 11) is 5.44. The van der Waals surface area contributed by atoms with Gasteiger partial charge in [-0.25, -0.2) is 10.0 Å². The minimum Gasteiger partial charge on any atom is -0.633 e. The van der Waals surface area contributed by atoms with E-state index in [2.05, 4.69) is 4.90 Å². The van der Waals surface area contributed by atoms with Gasteiger partial charge in [0.1, 0.15) is 11.2 Å². The van der Waals surface area contributed by atoms with Crippen molar-refractivity contribution in [2.24, 2.45) is 0 Å². The Balaban J connectivity index is 1.43. The molecule has 1 amide bonds. The molecule has 2 heterocycles. The molecule has 188 valence electrons. The second kappa shape index (κ2) is 9.58. The van der Waals surface area contributed by atoms with Crippen molar-refractivity contribution in [3.8, 4) is 5.75 Å². The summed E-state index contributed by atoms with van der Waals surface area (Å²) in [5.74, 6) is 0.822. The molecule has 0 aliphatic carbocycles. The van der Waals surface area contributed by atoms with Crippen molar-refractivity contribution in [2.45, 2.75) is 11.8 Å². The van der Waals surface area contributed by atoms with Crippen LogP contribution in [0, 0.1) is 5.21 Å². The Morgan fingerprint density at radius 1 is 0.917 bits per heavy atom. The number of hydrogen-bond donors (Lipinski definition) is 0. The molecule has 1 atom stereocenters. The fourth-order valence-electron chi connectivity index (χ4n) is 5.77. The number of fused-ring (bicyclic) bond motifs is 1. The van der Waals surface area contributed by atoms with Gasteiger partial charge in [-0.2, -0.15) is 0 Å². The van der Waals surface area contributed by atoms with E-state index in [-0.39, 0.29) is 10.6 Å². The summed E-state index contributed by atoms with van der Waals surface area (Å²) in [4.78, 5) is 16.4. The first-order valence-corrected chi connectivity index (χ1v) is 12.5. The van der Waals surface area contributed by atoms with Gasteiger partial charge in [0.05, 0.1) is 51.2 Å². The number of rotatable bonds is 7. The summed E-state index contributed by atoms with van der Waals surface area (Å²) in [6.45, 7) is 2.61. The number of amides is 1.